The Morgan fingerprint density at radius 1 is 1.38 bits per heavy atom. The highest BCUT2D eigenvalue weighted by Crippen LogP contribution is 2.32. The summed E-state index contributed by atoms with van der Waals surface area (Å²) in [5, 5.41) is 3.97. The number of aryl methyl sites for hydroxylation is 1. The van der Waals surface area contributed by atoms with E-state index in [1.807, 2.05) is 40.2 Å². The van der Waals surface area contributed by atoms with Crippen molar-refractivity contribution in [2.75, 3.05) is 28.3 Å². The lowest BCUT2D eigenvalue weighted by molar-refractivity contribution is 0.256. The number of nitrogens with one attached hydrogen (secondary N) is 1. The number of hydrogen-bond donors (Lipinski definition) is 1. The molecular weight excluding hydrogens is 224 g/mol. The van der Waals surface area contributed by atoms with Crippen molar-refractivity contribution in [2.24, 2.45) is 0 Å². The molecule has 1 rings (SSSR count). The van der Waals surface area contributed by atoms with Gasteiger partial charge in [-0.05, 0) is 45.8 Å². The predicted octanol–water partition coefficient (Wildman–Crippen LogP) is 2.44. The molecule has 1 N–H and O–H groups in total. The van der Waals surface area contributed by atoms with E-state index in [0.29, 0.717) is 0 Å². The molecule has 1 aromatic rings. The molecule has 0 amide bonds. The van der Waals surface area contributed by atoms with Crippen LogP contribution in [0.1, 0.15) is 17.3 Å². The van der Waals surface area contributed by atoms with Crippen molar-refractivity contribution in [1.82, 2.24) is 10.2 Å². The van der Waals surface area contributed by atoms with Crippen molar-refractivity contribution < 1.29 is 4.74 Å². The quantitative estimate of drug-likeness (QED) is 0.821. The van der Waals surface area contributed by atoms with Gasteiger partial charge >= 0.3 is 0 Å². The second-order valence-electron chi connectivity index (χ2n) is 4.00. The van der Waals surface area contributed by atoms with Crippen LogP contribution in [0.4, 0.5) is 0 Å². The van der Waals surface area contributed by atoms with Crippen LogP contribution < -0.4 is 10.1 Å². The average Bonchev–Trinajstić information content (AvgIpc) is 2.17. The molecule has 0 aliphatic carbocycles. The summed E-state index contributed by atoms with van der Waals surface area (Å²) in [7, 11) is 7.62. The number of halogens is 1. The molecule has 0 saturated carbocycles. The summed E-state index contributed by atoms with van der Waals surface area (Å²) < 4.78 is 5.44. The summed E-state index contributed by atoms with van der Waals surface area (Å²) in [6, 6.07) is 3.85. The molecule has 1 atom stereocenters. The summed E-state index contributed by atoms with van der Waals surface area (Å²) in [5.74, 6) is 0.887. The average molecular weight is 243 g/mol. The Balaban J connectivity index is 3.29. The first-order valence-corrected chi connectivity index (χ1v) is 5.56. The molecule has 16 heavy (non-hydrogen) atoms. The lowest BCUT2D eigenvalue weighted by Gasteiger charge is -2.26. The maximum absolute atomic E-state index is 6.08. The molecule has 0 saturated heterocycles. The maximum atomic E-state index is 6.08. The van der Waals surface area contributed by atoms with Crippen molar-refractivity contribution in [1.29, 1.82) is 0 Å². The van der Waals surface area contributed by atoms with Crippen LogP contribution in [0.15, 0.2) is 12.1 Å². The van der Waals surface area contributed by atoms with E-state index in [2.05, 4.69) is 10.2 Å². The standard InChI is InChI=1S/C12H19ClN2O/c1-8-6-9(13)7-10(11(8)16-5)12(14-2)15(3)4/h6-7,12,14H,1-5H3. The Bertz CT molecular complexity index is 366. The fraction of sp³-hybridized carbons (Fsp3) is 0.500. The number of benzene rings is 1. The highest BCUT2D eigenvalue weighted by Gasteiger charge is 2.18. The molecule has 0 fully saturated rings. The van der Waals surface area contributed by atoms with E-state index in [9.17, 15) is 0 Å². The molecule has 4 heteroatoms. The number of nitrogens with zero attached hydrogens (tertiary/aromatic N) is 1. The topological polar surface area (TPSA) is 24.5 Å². The number of rotatable bonds is 4. The Kier molecular flexibility index (Phi) is 4.59. The van der Waals surface area contributed by atoms with Gasteiger partial charge in [-0.3, -0.25) is 4.90 Å². The zero-order chi connectivity index (χ0) is 12.3. The Morgan fingerprint density at radius 2 is 2.00 bits per heavy atom. The zero-order valence-electron chi connectivity index (χ0n) is 10.5. The number of methoxy groups -OCH3 is 1. The van der Waals surface area contributed by atoms with Gasteiger partial charge in [0.05, 0.1) is 13.3 Å². The van der Waals surface area contributed by atoms with Crippen molar-refractivity contribution in [2.45, 2.75) is 13.1 Å². The predicted molar refractivity (Wildman–Crippen MR) is 68.2 cm³/mol. The minimum absolute atomic E-state index is 0.0901. The van der Waals surface area contributed by atoms with E-state index in [4.69, 9.17) is 16.3 Å². The van der Waals surface area contributed by atoms with Gasteiger partial charge < -0.3 is 10.1 Å². The first-order chi connectivity index (χ1) is 7.51. The third-order valence-electron chi connectivity index (χ3n) is 2.56. The summed E-state index contributed by atoms with van der Waals surface area (Å²) in [6.07, 6.45) is 0.0901. The lowest BCUT2D eigenvalue weighted by atomic mass is 10.1. The summed E-state index contributed by atoms with van der Waals surface area (Å²) in [6.45, 7) is 2.00. The normalized spacial score (nSPS) is 12.9. The summed E-state index contributed by atoms with van der Waals surface area (Å²) in [4.78, 5) is 2.08. The minimum Gasteiger partial charge on any atom is -0.496 e. The minimum atomic E-state index is 0.0901. The Hall–Kier alpha value is -0.770. The molecule has 0 radical (unpaired) electrons. The van der Waals surface area contributed by atoms with Crippen molar-refractivity contribution in [3.8, 4) is 5.75 Å². The fourth-order valence-electron chi connectivity index (χ4n) is 1.93. The van der Waals surface area contributed by atoms with E-state index in [-0.39, 0.29) is 6.17 Å². The Labute approximate surface area is 102 Å². The van der Waals surface area contributed by atoms with Gasteiger partial charge in [0.15, 0.2) is 0 Å². The lowest BCUT2D eigenvalue weighted by Crippen LogP contribution is -2.31. The molecule has 0 bridgehead atoms. The van der Waals surface area contributed by atoms with E-state index in [1.54, 1.807) is 7.11 Å². The van der Waals surface area contributed by atoms with Gasteiger partial charge in [-0.15, -0.1) is 0 Å². The maximum Gasteiger partial charge on any atom is 0.127 e. The van der Waals surface area contributed by atoms with E-state index >= 15 is 0 Å². The molecule has 1 aromatic carbocycles. The summed E-state index contributed by atoms with van der Waals surface area (Å²) >= 11 is 6.08. The van der Waals surface area contributed by atoms with Gasteiger partial charge in [-0.25, -0.2) is 0 Å². The second kappa shape index (κ2) is 5.53. The molecule has 0 spiro atoms. The third kappa shape index (κ3) is 2.67. The monoisotopic (exact) mass is 242 g/mol. The van der Waals surface area contributed by atoms with Crippen LogP contribution in [0, 0.1) is 6.92 Å². The molecule has 0 aromatic heterocycles. The molecule has 3 nitrogen and oxygen atoms in total. The molecular formula is C12H19ClN2O. The SMILES string of the molecule is CNC(c1cc(Cl)cc(C)c1OC)N(C)C. The van der Waals surface area contributed by atoms with Gasteiger partial charge in [0.25, 0.3) is 0 Å². The van der Waals surface area contributed by atoms with E-state index in [1.165, 1.54) is 0 Å². The van der Waals surface area contributed by atoms with Crippen molar-refractivity contribution >= 4 is 11.6 Å². The molecule has 0 aliphatic heterocycles. The van der Waals surface area contributed by atoms with Crippen molar-refractivity contribution in [3.63, 3.8) is 0 Å². The first kappa shape index (κ1) is 13.3. The van der Waals surface area contributed by atoms with Gasteiger partial charge in [0.1, 0.15) is 5.75 Å². The summed E-state index contributed by atoms with van der Waals surface area (Å²) in [5.41, 5.74) is 2.10. The molecule has 0 heterocycles. The Morgan fingerprint density at radius 3 is 2.44 bits per heavy atom. The highest BCUT2D eigenvalue weighted by atomic mass is 35.5. The number of hydrogen-bond acceptors (Lipinski definition) is 3. The van der Waals surface area contributed by atoms with Crippen LogP contribution in [0.2, 0.25) is 5.02 Å². The van der Waals surface area contributed by atoms with Crippen molar-refractivity contribution in [3.05, 3.63) is 28.3 Å². The molecule has 1 unspecified atom stereocenters. The van der Waals surface area contributed by atoms with Crippen LogP contribution in [-0.2, 0) is 0 Å². The first-order valence-electron chi connectivity index (χ1n) is 5.19. The van der Waals surface area contributed by atoms with E-state index in [0.717, 1.165) is 21.9 Å². The van der Waals surface area contributed by atoms with Crippen LogP contribution in [0.3, 0.4) is 0 Å². The van der Waals surface area contributed by atoms with Crippen LogP contribution >= 0.6 is 11.6 Å². The van der Waals surface area contributed by atoms with Gasteiger partial charge in [-0.1, -0.05) is 11.6 Å². The van der Waals surface area contributed by atoms with Gasteiger partial charge in [0, 0.05) is 10.6 Å². The third-order valence-corrected chi connectivity index (χ3v) is 2.77. The van der Waals surface area contributed by atoms with Gasteiger partial charge in [0.2, 0.25) is 0 Å². The smallest absolute Gasteiger partial charge is 0.127 e. The van der Waals surface area contributed by atoms with Crippen LogP contribution in [0.5, 0.6) is 5.75 Å². The van der Waals surface area contributed by atoms with Crippen LogP contribution in [-0.4, -0.2) is 33.2 Å². The molecule has 0 aliphatic rings. The number of ether oxygens (including phenoxy) is 1. The molecule has 90 valence electrons. The van der Waals surface area contributed by atoms with Crippen LogP contribution in [0.25, 0.3) is 0 Å². The largest absolute Gasteiger partial charge is 0.496 e. The van der Waals surface area contributed by atoms with Gasteiger partial charge in [-0.2, -0.15) is 0 Å². The second-order valence-corrected chi connectivity index (χ2v) is 4.44. The highest BCUT2D eigenvalue weighted by molar-refractivity contribution is 6.30. The van der Waals surface area contributed by atoms with E-state index < -0.39 is 0 Å². The fourth-order valence-corrected chi connectivity index (χ4v) is 2.21. The zero-order valence-corrected chi connectivity index (χ0v) is 11.2.